The van der Waals surface area contributed by atoms with E-state index in [0.29, 0.717) is 0 Å². The van der Waals surface area contributed by atoms with E-state index in [2.05, 4.69) is 24.3 Å². The second kappa shape index (κ2) is 9.78. The average molecular weight is 311 g/mol. The largest absolute Gasteiger partial charge is 1.00 e. The Labute approximate surface area is 98.4 Å². The average Bonchev–Trinajstić information content (AvgIpc) is 1.79. The molecule has 0 atom stereocenters. The van der Waals surface area contributed by atoms with Crippen LogP contribution >= 0.6 is 0 Å². The van der Waals surface area contributed by atoms with Gasteiger partial charge in [0.2, 0.25) is 0 Å². The number of allylic oxidation sites excluding steroid dienone is 4. The quantitative estimate of drug-likeness (QED) is 0.480. The molecular weight excluding hydrogens is 298 g/mol. The molecule has 0 spiro atoms. The smallest absolute Gasteiger partial charge is 0.222 e. The third kappa shape index (κ3) is 22.8. The van der Waals surface area contributed by atoms with Crippen molar-refractivity contribution >= 4 is 0 Å². The van der Waals surface area contributed by atoms with E-state index in [9.17, 15) is 0 Å². The van der Waals surface area contributed by atoms with E-state index in [0.717, 1.165) is 0 Å². The third-order valence-electron chi connectivity index (χ3n) is 1.37. The van der Waals surface area contributed by atoms with Crippen molar-refractivity contribution in [2.75, 3.05) is 0 Å². The number of rotatable bonds is 0. The molecule has 0 aromatic heterocycles. The summed E-state index contributed by atoms with van der Waals surface area (Å²) >= 11 is 0. The second-order valence-corrected chi connectivity index (χ2v) is 3.27. The third-order valence-corrected chi connectivity index (χ3v) is 1.37. The van der Waals surface area contributed by atoms with Crippen LogP contribution in [-0.2, 0) is 19.5 Å². The molecule has 4 nitrogen and oxygen atoms in total. The molecule has 1 aliphatic carbocycles. The fraction of sp³-hybridized carbons (Fsp3) is 0.500. The van der Waals surface area contributed by atoms with Crippen LogP contribution in [0.15, 0.2) is 24.3 Å². The van der Waals surface area contributed by atoms with Gasteiger partial charge >= 0.3 is 19.5 Å². The first kappa shape index (κ1) is 16.7. The van der Waals surface area contributed by atoms with E-state index in [4.69, 9.17) is 18.6 Å². The van der Waals surface area contributed by atoms with Crippen molar-refractivity contribution in [3.63, 3.8) is 0 Å². The van der Waals surface area contributed by atoms with E-state index in [1.807, 2.05) is 0 Å². The molecule has 84 valence electrons. The second-order valence-electron chi connectivity index (χ2n) is 2.52. The van der Waals surface area contributed by atoms with E-state index in [-0.39, 0.29) is 19.5 Å². The summed E-state index contributed by atoms with van der Waals surface area (Å²) in [5.74, 6) is 0. The van der Waals surface area contributed by atoms with Gasteiger partial charge < -0.3 is 0 Å². The van der Waals surface area contributed by atoms with Crippen LogP contribution in [0.1, 0.15) is 25.7 Å². The summed E-state index contributed by atoms with van der Waals surface area (Å²) < 4.78 is 34.0. The molecule has 0 saturated heterocycles. The van der Waals surface area contributed by atoms with Gasteiger partial charge in [-0.25, -0.2) is 18.6 Å². The first-order valence-electron chi connectivity index (χ1n) is 3.93. The number of hydrogen-bond donors (Lipinski definition) is 0. The van der Waals surface area contributed by atoms with Crippen molar-refractivity contribution < 1.29 is 48.4 Å². The van der Waals surface area contributed by atoms with Crippen molar-refractivity contribution in [1.82, 2.24) is 0 Å². The van der Waals surface area contributed by atoms with Crippen LogP contribution in [0.5, 0.6) is 0 Å². The minimum absolute atomic E-state index is 0. The molecule has 0 fully saturated rings. The number of hydrogen-bond acceptors (Lipinski definition) is 4. The van der Waals surface area contributed by atoms with Crippen molar-refractivity contribution in [1.29, 1.82) is 0 Å². The van der Waals surface area contributed by atoms with Crippen molar-refractivity contribution in [3.05, 3.63) is 24.3 Å². The molecular formula is C8H12ClO4Rh. The van der Waals surface area contributed by atoms with Gasteiger partial charge in [0, 0.05) is 0 Å². The maximum atomic E-state index is 8.49. The normalized spacial score (nSPS) is 20.3. The van der Waals surface area contributed by atoms with Crippen LogP contribution < -0.4 is 18.6 Å². The molecule has 14 heavy (non-hydrogen) atoms. The fourth-order valence-corrected chi connectivity index (χ4v) is 0.874. The summed E-state index contributed by atoms with van der Waals surface area (Å²) in [7, 11) is -4.94. The minimum atomic E-state index is -4.94. The molecule has 6 heteroatoms. The Hall–Kier alpha value is 0.233. The summed E-state index contributed by atoms with van der Waals surface area (Å²) in [6.45, 7) is 0. The van der Waals surface area contributed by atoms with E-state index in [1.165, 1.54) is 25.7 Å². The molecule has 0 unspecified atom stereocenters. The van der Waals surface area contributed by atoms with Gasteiger partial charge in [0.25, 0.3) is 0 Å². The van der Waals surface area contributed by atoms with Crippen molar-refractivity contribution in [2.45, 2.75) is 25.7 Å². The molecule has 1 rings (SSSR count). The van der Waals surface area contributed by atoms with Crippen LogP contribution in [0.2, 0.25) is 0 Å². The minimum Gasteiger partial charge on any atom is -0.222 e. The molecule has 0 saturated carbocycles. The molecule has 0 aromatic carbocycles. The Morgan fingerprint density at radius 3 is 1.36 bits per heavy atom. The Kier molecular flexibility index (Phi) is 11.6. The maximum Gasteiger partial charge on any atom is 1.00 e. The monoisotopic (exact) mass is 310 g/mol. The van der Waals surface area contributed by atoms with Gasteiger partial charge in [-0.1, -0.05) is 24.3 Å². The van der Waals surface area contributed by atoms with E-state index < -0.39 is 10.2 Å². The predicted octanol–water partition coefficient (Wildman–Crippen LogP) is -2.09. The molecule has 0 amide bonds. The summed E-state index contributed by atoms with van der Waals surface area (Å²) in [6.07, 6.45) is 14.0. The maximum absolute atomic E-state index is 8.49. The van der Waals surface area contributed by atoms with Gasteiger partial charge in [0.15, 0.2) is 0 Å². The van der Waals surface area contributed by atoms with Gasteiger partial charge in [0.05, 0.1) is 0 Å². The molecule has 0 aromatic rings. The number of halogens is 1. The summed E-state index contributed by atoms with van der Waals surface area (Å²) in [5.41, 5.74) is 0. The van der Waals surface area contributed by atoms with Crippen LogP contribution in [0.4, 0.5) is 0 Å². The molecule has 0 heterocycles. The first-order chi connectivity index (χ1) is 6.00. The Bertz CT molecular complexity index is 157. The van der Waals surface area contributed by atoms with Gasteiger partial charge in [-0.2, -0.15) is 0 Å². The van der Waals surface area contributed by atoms with E-state index >= 15 is 0 Å². The topological polar surface area (TPSA) is 92.2 Å². The zero-order valence-electron chi connectivity index (χ0n) is 7.48. The van der Waals surface area contributed by atoms with Crippen LogP contribution in [0.3, 0.4) is 0 Å². The predicted molar refractivity (Wildman–Crippen MR) is 36.7 cm³/mol. The molecule has 0 bridgehead atoms. The van der Waals surface area contributed by atoms with Gasteiger partial charge in [-0.15, -0.1) is 10.2 Å². The zero-order valence-corrected chi connectivity index (χ0v) is 9.88. The SMILES string of the molecule is C1=C\CCCC\C=C/1.[O-][Cl+3]([O-])([O-])[O-].[Rh+]. The Balaban J connectivity index is 0. The zero-order chi connectivity index (χ0) is 10.2. The first-order valence-corrected chi connectivity index (χ1v) is 5.17. The van der Waals surface area contributed by atoms with Gasteiger partial charge in [-0.3, -0.25) is 0 Å². The van der Waals surface area contributed by atoms with Crippen LogP contribution in [0.25, 0.3) is 0 Å². The Morgan fingerprint density at radius 1 is 0.786 bits per heavy atom. The standard InChI is InChI=1S/C8H12.ClHO4.Rh/c1-2-4-6-8-7-5-3-1;2-1(3,4)5;/h1-4H,5-8H2;(H,2,3,4,5);/q;;+1/p-1/b3-1-,4-2-;;. The van der Waals surface area contributed by atoms with E-state index in [1.54, 1.807) is 0 Å². The summed E-state index contributed by atoms with van der Waals surface area (Å²) in [4.78, 5) is 0. The van der Waals surface area contributed by atoms with Gasteiger partial charge in [-0.05, 0) is 25.7 Å². The van der Waals surface area contributed by atoms with Crippen molar-refractivity contribution in [2.24, 2.45) is 0 Å². The van der Waals surface area contributed by atoms with Gasteiger partial charge in [0.1, 0.15) is 0 Å². The molecule has 0 aliphatic heterocycles. The molecule has 0 radical (unpaired) electrons. The molecule has 1 aliphatic rings. The van der Waals surface area contributed by atoms with Crippen molar-refractivity contribution in [3.8, 4) is 0 Å². The fourth-order valence-electron chi connectivity index (χ4n) is 0.874. The van der Waals surface area contributed by atoms with Crippen LogP contribution in [0, 0.1) is 10.2 Å². The molecule has 0 N–H and O–H groups in total. The summed E-state index contributed by atoms with van der Waals surface area (Å²) in [6, 6.07) is 0. The Morgan fingerprint density at radius 2 is 1.07 bits per heavy atom. The van der Waals surface area contributed by atoms with Crippen LogP contribution in [-0.4, -0.2) is 0 Å². The summed E-state index contributed by atoms with van der Waals surface area (Å²) in [5, 5.41) is 0.